The van der Waals surface area contributed by atoms with Gasteiger partial charge in [-0.25, -0.2) is 0 Å². The summed E-state index contributed by atoms with van der Waals surface area (Å²) in [6.07, 6.45) is 2.78. The van der Waals surface area contributed by atoms with E-state index < -0.39 is 0 Å². The molecule has 1 heterocycles. The summed E-state index contributed by atoms with van der Waals surface area (Å²) in [5.41, 5.74) is 2.51. The van der Waals surface area contributed by atoms with Crippen LogP contribution in [0, 0.1) is 5.41 Å². The van der Waals surface area contributed by atoms with E-state index in [1.165, 1.54) is 11.1 Å². The van der Waals surface area contributed by atoms with E-state index in [-0.39, 0.29) is 24.0 Å². The zero-order valence-electron chi connectivity index (χ0n) is 11.0. The van der Waals surface area contributed by atoms with E-state index in [9.17, 15) is 9.90 Å². The van der Waals surface area contributed by atoms with Crippen LogP contribution >= 0.6 is 0 Å². The third-order valence-electron chi connectivity index (χ3n) is 4.33. The minimum atomic E-state index is -0.149. The van der Waals surface area contributed by atoms with Crippen LogP contribution in [0.25, 0.3) is 0 Å². The second-order valence-corrected chi connectivity index (χ2v) is 5.78. The monoisotopic (exact) mass is 260 g/mol. The highest BCUT2D eigenvalue weighted by molar-refractivity contribution is 5.82. The summed E-state index contributed by atoms with van der Waals surface area (Å²) in [5.74, 6) is 0.0502. The Labute approximate surface area is 113 Å². The third kappa shape index (κ3) is 2.65. The number of hydrogen-bond donors (Lipinski definition) is 3. The molecule has 1 saturated carbocycles. The number of benzene rings is 1. The lowest BCUT2D eigenvalue weighted by Crippen LogP contribution is -2.49. The van der Waals surface area contributed by atoms with Gasteiger partial charge >= 0.3 is 0 Å². The number of carbonyl (C=O) groups is 1. The van der Waals surface area contributed by atoms with E-state index in [0.717, 1.165) is 25.8 Å². The Hall–Kier alpha value is -1.39. The van der Waals surface area contributed by atoms with Crippen molar-refractivity contribution in [1.29, 1.82) is 0 Å². The predicted molar refractivity (Wildman–Crippen MR) is 72.5 cm³/mol. The van der Waals surface area contributed by atoms with Crippen LogP contribution in [0.15, 0.2) is 24.3 Å². The van der Waals surface area contributed by atoms with E-state index in [4.69, 9.17) is 0 Å². The van der Waals surface area contributed by atoms with Crippen LogP contribution in [-0.2, 0) is 17.8 Å². The molecular weight excluding hydrogens is 240 g/mol. The molecule has 0 saturated heterocycles. The van der Waals surface area contributed by atoms with Gasteiger partial charge in [0.15, 0.2) is 0 Å². The number of rotatable bonds is 4. The Morgan fingerprint density at radius 1 is 1.37 bits per heavy atom. The molecule has 1 aliphatic carbocycles. The number of hydrogen-bond acceptors (Lipinski definition) is 3. The van der Waals surface area contributed by atoms with Gasteiger partial charge in [-0.15, -0.1) is 0 Å². The number of aliphatic hydroxyl groups is 1. The number of nitrogens with one attached hydrogen (secondary N) is 2. The standard InChI is InChI=1S/C15H20N2O2/c18-10-15(5-6-15)9-17-14(19)13-7-11-3-1-2-4-12(11)8-16-13/h1-4,13,16,18H,5-10H2,(H,17,19)/t13-/m0/s1. The number of fused-ring (bicyclic) bond motifs is 1. The van der Waals surface area contributed by atoms with Crippen molar-refractivity contribution < 1.29 is 9.90 Å². The number of carbonyl (C=O) groups excluding carboxylic acids is 1. The molecule has 0 radical (unpaired) electrons. The van der Waals surface area contributed by atoms with Crippen LogP contribution in [0.1, 0.15) is 24.0 Å². The van der Waals surface area contributed by atoms with Gasteiger partial charge in [0, 0.05) is 18.5 Å². The molecule has 1 fully saturated rings. The largest absolute Gasteiger partial charge is 0.396 e. The van der Waals surface area contributed by atoms with E-state index >= 15 is 0 Å². The van der Waals surface area contributed by atoms with Crippen LogP contribution in [0.5, 0.6) is 0 Å². The fourth-order valence-corrected chi connectivity index (χ4v) is 2.61. The lowest BCUT2D eigenvalue weighted by molar-refractivity contribution is -0.123. The Balaban J connectivity index is 1.57. The molecule has 1 aliphatic heterocycles. The van der Waals surface area contributed by atoms with Crippen molar-refractivity contribution in [3.05, 3.63) is 35.4 Å². The van der Waals surface area contributed by atoms with Gasteiger partial charge < -0.3 is 15.7 Å². The molecule has 3 N–H and O–H groups in total. The Bertz CT molecular complexity index is 483. The van der Waals surface area contributed by atoms with Crippen molar-refractivity contribution in [2.75, 3.05) is 13.2 Å². The number of amides is 1. The lowest BCUT2D eigenvalue weighted by atomic mass is 9.95. The van der Waals surface area contributed by atoms with Crippen molar-refractivity contribution in [1.82, 2.24) is 10.6 Å². The van der Waals surface area contributed by atoms with E-state index in [0.29, 0.717) is 6.54 Å². The average molecular weight is 260 g/mol. The van der Waals surface area contributed by atoms with Gasteiger partial charge in [-0.3, -0.25) is 4.79 Å². The molecule has 4 nitrogen and oxygen atoms in total. The number of aliphatic hydroxyl groups excluding tert-OH is 1. The topological polar surface area (TPSA) is 61.4 Å². The molecule has 0 bridgehead atoms. The molecule has 4 heteroatoms. The van der Waals surface area contributed by atoms with Gasteiger partial charge in [-0.2, -0.15) is 0 Å². The van der Waals surface area contributed by atoms with Crippen LogP contribution < -0.4 is 10.6 Å². The van der Waals surface area contributed by atoms with Crippen molar-refractivity contribution >= 4 is 5.91 Å². The van der Waals surface area contributed by atoms with Crippen molar-refractivity contribution in [2.24, 2.45) is 5.41 Å². The minimum absolute atomic E-state index is 0.0256. The highest BCUT2D eigenvalue weighted by atomic mass is 16.3. The van der Waals surface area contributed by atoms with Crippen LogP contribution in [0.3, 0.4) is 0 Å². The molecule has 102 valence electrons. The maximum Gasteiger partial charge on any atom is 0.237 e. The van der Waals surface area contributed by atoms with Gasteiger partial charge in [0.05, 0.1) is 12.6 Å². The van der Waals surface area contributed by atoms with Crippen molar-refractivity contribution in [3.63, 3.8) is 0 Å². The van der Waals surface area contributed by atoms with Crippen molar-refractivity contribution in [2.45, 2.75) is 31.8 Å². The van der Waals surface area contributed by atoms with Gasteiger partial charge in [-0.05, 0) is 30.4 Å². The van der Waals surface area contributed by atoms with E-state index in [2.05, 4.69) is 22.8 Å². The highest BCUT2D eigenvalue weighted by Crippen LogP contribution is 2.44. The third-order valence-corrected chi connectivity index (χ3v) is 4.33. The normalized spacial score (nSPS) is 23.5. The average Bonchev–Trinajstić information content (AvgIpc) is 3.25. The van der Waals surface area contributed by atoms with Gasteiger partial charge in [-0.1, -0.05) is 24.3 Å². The molecule has 3 rings (SSSR count). The smallest absolute Gasteiger partial charge is 0.237 e. The summed E-state index contributed by atoms with van der Waals surface area (Å²) < 4.78 is 0. The summed E-state index contributed by atoms with van der Waals surface area (Å²) >= 11 is 0. The molecule has 1 atom stereocenters. The molecule has 1 aromatic rings. The fourth-order valence-electron chi connectivity index (χ4n) is 2.61. The second-order valence-electron chi connectivity index (χ2n) is 5.78. The SMILES string of the molecule is O=C(NCC1(CO)CC1)[C@@H]1Cc2ccccc2CN1. The summed E-state index contributed by atoms with van der Waals surface area (Å²) in [6.45, 7) is 1.52. The molecule has 2 aliphatic rings. The Kier molecular flexibility index (Phi) is 3.29. The minimum Gasteiger partial charge on any atom is -0.396 e. The second kappa shape index (κ2) is 4.94. The zero-order chi connectivity index (χ0) is 13.3. The Morgan fingerprint density at radius 2 is 2.11 bits per heavy atom. The first kappa shape index (κ1) is 12.6. The quantitative estimate of drug-likeness (QED) is 0.742. The van der Waals surface area contributed by atoms with Crippen LogP contribution in [0.4, 0.5) is 0 Å². The van der Waals surface area contributed by atoms with Gasteiger partial charge in [0.2, 0.25) is 5.91 Å². The molecule has 0 unspecified atom stereocenters. The summed E-state index contributed by atoms with van der Waals surface area (Å²) in [6, 6.07) is 8.08. The van der Waals surface area contributed by atoms with E-state index in [1.54, 1.807) is 0 Å². The maximum atomic E-state index is 12.1. The summed E-state index contributed by atoms with van der Waals surface area (Å²) in [4.78, 5) is 12.1. The van der Waals surface area contributed by atoms with E-state index in [1.807, 2.05) is 12.1 Å². The zero-order valence-corrected chi connectivity index (χ0v) is 11.0. The first-order valence-electron chi connectivity index (χ1n) is 6.91. The summed E-state index contributed by atoms with van der Waals surface area (Å²) in [5, 5.41) is 15.5. The molecule has 0 spiro atoms. The molecule has 19 heavy (non-hydrogen) atoms. The van der Waals surface area contributed by atoms with Crippen LogP contribution in [-0.4, -0.2) is 30.2 Å². The Morgan fingerprint density at radius 3 is 2.79 bits per heavy atom. The first-order chi connectivity index (χ1) is 9.22. The van der Waals surface area contributed by atoms with Gasteiger partial charge in [0.1, 0.15) is 0 Å². The molecule has 1 amide bonds. The molecular formula is C15H20N2O2. The van der Waals surface area contributed by atoms with Gasteiger partial charge in [0.25, 0.3) is 0 Å². The maximum absolute atomic E-state index is 12.1. The first-order valence-corrected chi connectivity index (χ1v) is 6.91. The van der Waals surface area contributed by atoms with Crippen LogP contribution in [0.2, 0.25) is 0 Å². The molecule has 0 aromatic heterocycles. The lowest BCUT2D eigenvalue weighted by Gasteiger charge is -2.26. The highest BCUT2D eigenvalue weighted by Gasteiger charge is 2.42. The predicted octanol–water partition coefficient (Wildman–Crippen LogP) is 0.590. The molecule has 1 aromatic carbocycles. The fraction of sp³-hybridized carbons (Fsp3) is 0.533. The van der Waals surface area contributed by atoms with Crippen molar-refractivity contribution in [3.8, 4) is 0 Å². The summed E-state index contributed by atoms with van der Waals surface area (Å²) in [7, 11) is 0.